The molecular formula is C16H21FN2S. The Balaban J connectivity index is 1.85. The van der Waals surface area contributed by atoms with Gasteiger partial charge in [-0.3, -0.25) is 0 Å². The first-order valence-corrected chi connectivity index (χ1v) is 7.67. The van der Waals surface area contributed by atoms with Gasteiger partial charge < -0.3 is 10.2 Å². The average Bonchev–Trinajstić information content (AvgIpc) is 2.87. The Kier molecular flexibility index (Phi) is 5.71. The normalized spacial score (nSPS) is 11.2. The van der Waals surface area contributed by atoms with E-state index in [4.69, 9.17) is 0 Å². The van der Waals surface area contributed by atoms with E-state index in [1.807, 2.05) is 18.2 Å². The summed E-state index contributed by atoms with van der Waals surface area (Å²) >= 11 is 1.65. The third kappa shape index (κ3) is 4.40. The molecule has 0 spiro atoms. The van der Waals surface area contributed by atoms with E-state index in [9.17, 15) is 4.39 Å². The SMILES string of the molecule is CN(C)CCCNCc1ccc(-c2ccccc2F)s1. The molecule has 0 bridgehead atoms. The molecule has 1 aromatic heterocycles. The van der Waals surface area contributed by atoms with Crippen LogP contribution in [0, 0.1) is 5.82 Å². The molecule has 0 aliphatic rings. The maximum absolute atomic E-state index is 13.7. The molecule has 1 aromatic carbocycles. The lowest BCUT2D eigenvalue weighted by atomic mass is 10.2. The quantitative estimate of drug-likeness (QED) is 0.785. The third-order valence-electron chi connectivity index (χ3n) is 3.06. The molecule has 2 nitrogen and oxygen atoms in total. The lowest BCUT2D eigenvalue weighted by molar-refractivity contribution is 0.394. The summed E-state index contributed by atoms with van der Waals surface area (Å²) in [5.41, 5.74) is 0.691. The summed E-state index contributed by atoms with van der Waals surface area (Å²) in [6.07, 6.45) is 1.14. The van der Waals surface area contributed by atoms with Gasteiger partial charge in [0.15, 0.2) is 0 Å². The van der Waals surface area contributed by atoms with Gasteiger partial charge >= 0.3 is 0 Å². The molecule has 0 unspecified atom stereocenters. The van der Waals surface area contributed by atoms with Crippen LogP contribution in [0.25, 0.3) is 10.4 Å². The Hall–Kier alpha value is -1.23. The van der Waals surface area contributed by atoms with Crippen molar-refractivity contribution < 1.29 is 4.39 Å². The van der Waals surface area contributed by atoms with Crippen LogP contribution in [0.4, 0.5) is 4.39 Å². The van der Waals surface area contributed by atoms with Gasteiger partial charge in [0, 0.05) is 21.9 Å². The fourth-order valence-corrected chi connectivity index (χ4v) is 3.01. The monoisotopic (exact) mass is 292 g/mol. The van der Waals surface area contributed by atoms with E-state index >= 15 is 0 Å². The molecular weight excluding hydrogens is 271 g/mol. The Morgan fingerprint density at radius 2 is 1.95 bits per heavy atom. The fraction of sp³-hybridized carbons (Fsp3) is 0.375. The van der Waals surface area contributed by atoms with Crippen LogP contribution in [-0.2, 0) is 6.54 Å². The van der Waals surface area contributed by atoms with Gasteiger partial charge in [0.25, 0.3) is 0 Å². The molecule has 0 saturated heterocycles. The van der Waals surface area contributed by atoms with Crippen molar-refractivity contribution in [1.82, 2.24) is 10.2 Å². The van der Waals surface area contributed by atoms with Crippen LogP contribution in [0.1, 0.15) is 11.3 Å². The summed E-state index contributed by atoms with van der Waals surface area (Å²) in [5.74, 6) is -0.153. The van der Waals surface area contributed by atoms with Crippen LogP contribution in [0.15, 0.2) is 36.4 Å². The second-order valence-corrected chi connectivity index (χ2v) is 6.25. The molecule has 0 amide bonds. The predicted molar refractivity (Wildman–Crippen MR) is 84.6 cm³/mol. The lowest BCUT2D eigenvalue weighted by Gasteiger charge is -2.09. The molecule has 2 rings (SSSR count). The Morgan fingerprint density at radius 1 is 1.15 bits per heavy atom. The summed E-state index contributed by atoms with van der Waals surface area (Å²) in [6, 6.07) is 11.0. The van der Waals surface area contributed by atoms with Crippen molar-refractivity contribution in [2.75, 3.05) is 27.2 Å². The molecule has 2 aromatic rings. The number of nitrogens with zero attached hydrogens (tertiary/aromatic N) is 1. The highest BCUT2D eigenvalue weighted by Crippen LogP contribution is 2.29. The molecule has 20 heavy (non-hydrogen) atoms. The van der Waals surface area contributed by atoms with E-state index in [0.29, 0.717) is 5.56 Å². The molecule has 0 aliphatic carbocycles. The van der Waals surface area contributed by atoms with Crippen LogP contribution in [0.3, 0.4) is 0 Å². The average molecular weight is 292 g/mol. The van der Waals surface area contributed by atoms with Gasteiger partial charge in [0.1, 0.15) is 5.82 Å². The highest BCUT2D eigenvalue weighted by Gasteiger charge is 2.07. The van der Waals surface area contributed by atoms with Crippen LogP contribution in [0.5, 0.6) is 0 Å². The summed E-state index contributed by atoms with van der Waals surface area (Å²) in [5, 5.41) is 3.43. The Labute approximate surface area is 124 Å². The first-order chi connectivity index (χ1) is 9.66. The van der Waals surface area contributed by atoms with Gasteiger partial charge in [-0.2, -0.15) is 0 Å². The van der Waals surface area contributed by atoms with Crippen molar-refractivity contribution >= 4 is 11.3 Å². The molecule has 0 atom stereocenters. The lowest BCUT2D eigenvalue weighted by Crippen LogP contribution is -2.20. The zero-order chi connectivity index (χ0) is 14.4. The zero-order valence-electron chi connectivity index (χ0n) is 12.0. The molecule has 108 valence electrons. The van der Waals surface area contributed by atoms with Gasteiger partial charge in [0.2, 0.25) is 0 Å². The third-order valence-corrected chi connectivity index (χ3v) is 4.18. The minimum atomic E-state index is -0.153. The fourth-order valence-electron chi connectivity index (χ4n) is 2.01. The van der Waals surface area contributed by atoms with E-state index in [2.05, 4.69) is 30.4 Å². The van der Waals surface area contributed by atoms with Gasteiger partial charge in [-0.05, 0) is 51.8 Å². The van der Waals surface area contributed by atoms with Gasteiger partial charge in [-0.25, -0.2) is 4.39 Å². The summed E-state index contributed by atoms with van der Waals surface area (Å²) in [6.45, 7) is 2.95. The van der Waals surface area contributed by atoms with Crippen LogP contribution < -0.4 is 5.32 Å². The number of nitrogens with one attached hydrogen (secondary N) is 1. The standard InChI is InChI=1S/C16H21FN2S/c1-19(2)11-5-10-18-12-13-8-9-16(20-13)14-6-3-4-7-15(14)17/h3-4,6-9,18H,5,10-12H2,1-2H3. The highest BCUT2D eigenvalue weighted by molar-refractivity contribution is 7.15. The van der Waals surface area contributed by atoms with Gasteiger partial charge in [-0.1, -0.05) is 18.2 Å². The first-order valence-electron chi connectivity index (χ1n) is 6.86. The van der Waals surface area contributed by atoms with Crippen molar-refractivity contribution in [2.45, 2.75) is 13.0 Å². The van der Waals surface area contributed by atoms with E-state index in [1.54, 1.807) is 17.4 Å². The Morgan fingerprint density at radius 3 is 2.70 bits per heavy atom. The topological polar surface area (TPSA) is 15.3 Å². The number of hydrogen-bond acceptors (Lipinski definition) is 3. The summed E-state index contributed by atoms with van der Waals surface area (Å²) in [4.78, 5) is 4.42. The molecule has 0 saturated carbocycles. The van der Waals surface area contributed by atoms with E-state index < -0.39 is 0 Å². The van der Waals surface area contributed by atoms with Crippen molar-refractivity contribution in [1.29, 1.82) is 0 Å². The zero-order valence-corrected chi connectivity index (χ0v) is 12.8. The van der Waals surface area contributed by atoms with Crippen molar-refractivity contribution in [3.63, 3.8) is 0 Å². The number of rotatable bonds is 7. The van der Waals surface area contributed by atoms with Crippen LogP contribution >= 0.6 is 11.3 Å². The number of thiophene rings is 1. The van der Waals surface area contributed by atoms with Crippen LogP contribution in [-0.4, -0.2) is 32.1 Å². The van der Waals surface area contributed by atoms with Crippen molar-refractivity contribution in [2.24, 2.45) is 0 Å². The van der Waals surface area contributed by atoms with Gasteiger partial charge in [-0.15, -0.1) is 11.3 Å². The maximum Gasteiger partial charge on any atom is 0.131 e. The summed E-state index contributed by atoms with van der Waals surface area (Å²) < 4.78 is 13.7. The number of hydrogen-bond donors (Lipinski definition) is 1. The van der Waals surface area contributed by atoms with E-state index in [1.165, 1.54) is 10.9 Å². The number of halogens is 1. The minimum absolute atomic E-state index is 0.153. The number of benzene rings is 1. The summed E-state index contributed by atoms with van der Waals surface area (Å²) in [7, 11) is 4.17. The second kappa shape index (κ2) is 7.53. The van der Waals surface area contributed by atoms with Crippen molar-refractivity contribution in [3.8, 4) is 10.4 Å². The largest absolute Gasteiger partial charge is 0.312 e. The molecule has 0 radical (unpaired) electrons. The first kappa shape index (κ1) is 15.2. The molecule has 1 heterocycles. The molecule has 0 fully saturated rings. The highest BCUT2D eigenvalue weighted by atomic mass is 32.1. The maximum atomic E-state index is 13.7. The smallest absolute Gasteiger partial charge is 0.131 e. The second-order valence-electron chi connectivity index (χ2n) is 5.08. The minimum Gasteiger partial charge on any atom is -0.312 e. The molecule has 0 aliphatic heterocycles. The molecule has 4 heteroatoms. The van der Waals surface area contributed by atoms with Crippen molar-refractivity contribution in [3.05, 3.63) is 47.1 Å². The van der Waals surface area contributed by atoms with E-state index in [-0.39, 0.29) is 5.82 Å². The van der Waals surface area contributed by atoms with Crippen LogP contribution in [0.2, 0.25) is 0 Å². The van der Waals surface area contributed by atoms with Gasteiger partial charge in [0.05, 0.1) is 0 Å². The van der Waals surface area contributed by atoms with E-state index in [0.717, 1.165) is 30.9 Å². The predicted octanol–water partition coefficient (Wildman–Crippen LogP) is 3.60. The molecule has 1 N–H and O–H groups in total. The Bertz CT molecular complexity index is 537.